The molecular weight excluding hydrogens is 188 g/mol. The van der Waals surface area contributed by atoms with E-state index in [0.717, 1.165) is 5.56 Å². The number of nitrogens with zero attached hydrogens (tertiary/aromatic N) is 1. The Morgan fingerprint density at radius 1 is 1.69 bits per heavy atom. The number of alkyl halides is 1. The number of aromatic nitrogens is 1. The molecule has 70 valence electrons. The second-order valence-electron chi connectivity index (χ2n) is 2.67. The molecular formula is C9H11ClN2O. The first-order chi connectivity index (χ1) is 6.15. The van der Waals surface area contributed by atoms with E-state index in [2.05, 4.69) is 10.3 Å². The molecule has 1 rings (SSSR count). The number of hydrogen-bond acceptors (Lipinski definition) is 2. The van der Waals surface area contributed by atoms with E-state index in [0.29, 0.717) is 5.69 Å². The van der Waals surface area contributed by atoms with Gasteiger partial charge in [-0.3, -0.25) is 9.78 Å². The van der Waals surface area contributed by atoms with Crippen LogP contribution in [0, 0.1) is 0 Å². The molecule has 0 aromatic carbocycles. The number of nitrogens with one attached hydrogen (secondary N) is 1. The van der Waals surface area contributed by atoms with Gasteiger partial charge in [-0.2, -0.15) is 0 Å². The molecule has 13 heavy (non-hydrogen) atoms. The molecule has 1 amide bonds. The quantitative estimate of drug-likeness (QED) is 0.736. The van der Waals surface area contributed by atoms with Crippen LogP contribution in [-0.2, 0) is 0 Å². The van der Waals surface area contributed by atoms with Crippen molar-refractivity contribution in [1.29, 1.82) is 0 Å². The van der Waals surface area contributed by atoms with Crippen molar-refractivity contribution in [3.63, 3.8) is 0 Å². The second kappa shape index (κ2) is 4.23. The highest BCUT2D eigenvalue weighted by atomic mass is 35.5. The van der Waals surface area contributed by atoms with Crippen LogP contribution in [0.5, 0.6) is 0 Å². The van der Waals surface area contributed by atoms with Crippen LogP contribution >= 0.6 is 11.6 Å². The third-order valence-electron chi connectivity index (χ3n) is 1.70. The number of halogens is 1. The largest absolute Gasteiger partial charge is 0.354 e. The molecule has 0 radical (unpaired) electrons. The number of hydrogen-bond donors (Lipinski definition) is 1. The average Bonchev–Trinajstić information content (AvgIpc) is 2.17. The van der Waals surface area contributed by atoms with Crippen LogP contribution in [0.1, 0.15) is 28.4 Å². The molecule has 1 heterocycles. The molecule has 1 aromatic heterocycles. The van der Waals surface area contributed by atoms with Crippen molar-refractivity contribution in [2.45, 2.75) is 12.3 Å². The zero-order chi connectivity index (χ0) is 9.84. The molecule has 0 aliphatic carbocycles. The van der Waals surface area contributed by atoms with Gasteiger partial charge in [0.15, 0.2) is 0 Å². The summed E-state index contributed by atoms with van der Waals surface area (Å²) in [4.78, 5) is 15.1. The summed E-state index contributed by atoms with van der Waals surface area (Å²) in [5.74, 6) is -0.195. The van der Waals surface area contributed by atoms with E-state index < -0.39 is 0 Å². The van der Waals surface area contributed by atoms with Gasteiger partial charge in [0.1, 0.15) is 5.69 Å². The maximum Gasteiger partial charge on any atom is 0.269 e. The van der Waals surface area contributed by atoms with Crippen LogP contribution in [0.15, 0.2) is 18.3 Å². The number of rotatable bonds is 2. The lowest BCUT2D eigenvalue weighted by molar-refractivity contribution is 0.0958. The number of pyridine rings is 1. The lowest BCUT2D eigenvalue weighted by atomic mass is 10.2. The van der Waals surface area contributed by atoms with E-state index in [1.807, 2.05) is 6.92 Å². The van der Waals surface area contributed by atoms with Crippen molar-refractivity contribution < 1.29 is 4.79 Å². The molecule has 0 aliphatic heterocycles. The van der Waals surface area contributed by atoms with Crippen molar-refractivity contribution in [1.82, 2.24) is 10.3 Å². The van der Waals surface area contributed by atoms with Gasteiger partial charge in [0.05, 0.1) is 5.38 Å². The average molecular weight is 199 g/mol. The fourth-order valence-corrected chi connectivity index (χ4v) is 1.08. The third kappa shape index (κ3) is 2.42. The Morgan fingerprint density at radius 2 is 2.38 bits per heavy atom. The number of carbonyl (C=O) groups is 1. The third-order valence-corrected chi connectivity index (χ3v) is 1.95. The van der Waals surface area contributed by atoms with E-state index >= 15 is 0 Å². The smallest absolute Gasteiger partial charge is 0.269 e. The standard InChI is InChI=1S/C9H11ClN2O/c1-6(10)7-3-4-12-8(5-7)9(13)11-2/h3-6H,1-2H3,(H,11,13). The monoisotopic (exact) mass is 198 g/mol. The van der Waals surface area contributed by atoms with Crippen molar-refractivity contribution in [2.24, 2.45) is 0 Å². The van der Waals surface area contributed by atoms with E-state index in [4.69, 9.17) is 11.6 Å². The fourth-order valence-electron chi connectivity index (χ4n) is 0.947. The summed E-state index contributed by atoms with van der Waals surface area (Å²) in [6.07, 6.45) is 1.58. The molecule has 0 saturated heterocycles. The van der Waals surface area contributed by atoms with Crippen molar-refractivity contribution in [3.05, 3.63) is 29.6 Å². The van der Waals surface area contributed by atoms with Gasteiger partial charge >= 0.3 is 0 Å². The highest BCUT2D eigenvalue weighted by Gasteiger charge is 2.07. The minimum absolute atomic E-state index is 0.105. The molecule has 0 saturated carbocycles. The first kappa shape index (κ1) is 9.99. The van der Waals surface area contributed by atoms with Gasteiger partial charge in [0.25, 0.3) is 5.91 Å². The van der Waals surface area contributed by atoms with Gasteiger partial charge in [0.2, 0.25) is 0 Å². The first-order valence-corrected chi connectivity index (χ1v) is 4.41. The Bertz CT molecular complexity index is 312. The van der Waals surface area contributed by atoms with E-state index in [1.165, 1.54) is 0 Å². The van der Waals surface area contributed by atoms with Gasteiger partial charge in [-0.1, -0.05) is 0 Å². The number of carbonyl (C=O) groups excluding carboxylic acids is 1. The SMILES string of the molecule is CNC(=O)c1cc(C(C)Cl)ccn1. The Kier molecular flexibility index (Phi) is 3.25. The van der Waals surface area contributed by atoms with Gasteiger partial charge in [-0.05, 0) is 24.6 Å². The minimum Gasteiger partial charge on any atom is -0.354 e. The highest BCUT2D eigenvalue weighted by molar-refractivity contribution is 6.20. The summed E-state index contributed by atoms with van der Waals surface area (Å²) in [7, 11) is 1.57. The van der Waals surface area contributed by atoms with E-state index in [-0.39, 0.29) is 11.3 Å². The molecule has 1 aromatic rings. The summed E-state index contributed by atoms with van der Waals surface area (Å²) in [6.45, 7) is 1.85. The van der Waals surface area contributed by atoms with Crippen LogP contribution in [0.2, 0.25) is 0 Å². The molecule has 1 N–H and O–H groups in total. The predicted molar refractivity (Wildman–Crippen MR) is 51.9 cm³/mol. The maximum atomic E-state index is 11.2. The summed E-state index contributed by atoms with van der Waals surface area (Å²) < 4.78 is 0. The van der Waals surface area contributed by atoms with Gasteiger partial charge < -0.3 is 5.32 Å². The lowest BCUT2D eigenvalue weighted by Gasteiger charge is -2.04. The van der Waals surface area contributed by atoms with E-state index in [1.54, 1.807) is 25.4 Å². The number of amides is 1. The van der Waals surface area contributed by atoms with E-state index in [9.17, 15) is 4.79 Å². The molecule has 1 atom stereocenters. The van der Waals surface area contributed by atoms with Crippen molar-refractivity contribution >= 4 is 17.5 Å². The van der Waals surface area contributed by atoms with Crippen LogP contribution < -0.4 is 5.32 Å². The lowest BCUT2D eigenvalue weighted by Crippen LogP contribution is -2.19. The van der Waals surface area contributed by atoms with Gasteiger partial charge in [-0.25, -0.2) is 0 Å². The summed E-state index contributed by atoms with van der Waals surface area (Å²) in [6, 6.07) is 3.49. The normalized spacial score (nSPS) is 12.2. The molecule has 0 spiro atoms. The van der Waals surface area contributed by atoms with Crippen molar-refractivity contribution in [3.8, 4) is 0 Å². The van der Waals surface area contributed by atoms with Gasteiger partial charge in [-0.15, -0.1) is 11.6 Å². The maximum absolute atomic E-state index is 11.2. The minimum atomic E-state index is -0.195. The van der Waals surface area contributed by atoms with Crippen LogP contribution in [0.25, 0.3) is 0 Å². The molecule has 0 aliphatic rings. The molecule has 3 nitrogen and oxygen atoms in total. The fraction of sp³-hybridized carbons (Fsp3) is 0.333. The summed E-state index contributed by atoms with van der Waals surface area (Å²) >= 11 is 5.86. The Hall–Kier alpha value is -1.09. The molecule has 0 bridgehead atoms. The van der Waals surface area contributed by atoms with Gasteiger partial charge in [0, 0.05) is 13.2 Å². The predicted octanol–water partition coefficient (Wildman–Crippen LogP) is 1.74. The van der Waals surface area contributed by atoms with Crippen LogP contribution in [0.3, 0.4) is 0 Å². The Morgan fingerprint density at radius 3 is 2.92 bits per heavy atom. The molecule has 4 heteroatoms. The zero-order valence-corrected chi connectivity index (χ0v) is 8.30. The Labute approximate surface area is 82.1 Å². The topological polar surface area (TPSA) is 42.0 Å². The molecule has 0 fully saturated rings. The van der Waals surface area contributed by atoms with Crippen LogP contribution in [0.4, 0.5) is 0 Å². The second-order valence-corrected chi connectivity index (χ2v) is 3.32. The summed E-state index contributed by atoms with van der Waals surface area (Å²) in [5.41, 5.74) is 1.29. The van der Waals surface area contributed by atoms with Crippen LogP contribution in [-0.4, -0.2) is 17.9 Å². The summed E-state index contributed by atoms with van der Waals surface area (Å²) in [5, 5.41) is 2.40. The highest BCUT2D eigenvalue weighted by Crippen LogP contribution is 2.18. The first-order valence-electron chi connectivity index (χ1n) is 3.97. The van der Waals surface area contributed by atoms with Crippen molar-refractivity contribution in [2.75, 3.05) is 7.05 Å². The molecule has 1 unspecified atom stereocenters. The zero-order valence-electron chi connectivity index (χ0n) is 7.54. The Balaban J connectivity index is 2.98.